The van der Waals surface area contributed by atoms with Gasteiger partial charge < -0.3 is 4.90 Å². The first-order valence-corrected chi connectivity index (χ1v) is 7.93. The van der Waals surface area contributed by atoms with Gasteiger partial charge in [0.2, 0.25) is 5.95 Å². The van der Waals surface area contributed by atoms with Crippen LogP contribution in [0, 0.1) is 0 Å². The van der Waals surface area contributed by atoms with Crippen LogP contribution in [0.1, 0.15) is 18.4 Å². The zero-order valence-electron chi connectivity index (χ0n) is 12.7. The molecule has 0 spiro atoms. The molecule has 0 bridgehead atoms. The quantitative estimate of drug-likeness (QED) is 0.811. The molecule has 0 radical (unpaired) electrons. The fourth-order valence-electron chi connectivity index (χ4n) is 2.91. The first-order chi connectivity index (χ1) is 10.7. The lowest BCUT2D eigenvalue weighted by Gasteiger charge is -2.37. The van der Waals surface area contributed by atoms with Gasteiger partial charge in [0.05, 0.1) is 0 Å². The van der Waals surface area contributed by atoms with Crippen LogP contribution >= 0.6 is 11.6 Å². The minimum Gasteiger partial charge on any atom is -0.340 e. The molecular weight excluding hydrogens is 298 g/mol. The SMILES string of the molecule is CN(c1ncccn1)C1CCCN(Cc2cccnc2Cl)C1. The Balaban J connectivity index is 1.66. The highest BCUT2D eigenvalue weighted by Gasteiger charge is 2.25. The topological polar surface area (TPSA) is 45.2 Å². The smallest absolute Gasteiger partial charge is 0.225 e. The average Bonchev–Trinajstić information content (AvgIpc) is 2.57. The van der Waals surface area contributed by atoms with Crippen molar-refractivity contribution in [1.82, 2.24) is 19.9 Å². The van der Waals surface area contributed by atoms with Crippen LogP contribution in [0.15, 0.2) is 36.8 Å². The van der Waals surface area contributed by atoms with Crippen LogP contribution in [0.4, 0.5) is 5.95 Å². The summed E-state index contributed by atoms with van der Waals surface area (Å²) < 4.78 is 0. The van der Waals surface area contributed by atoms with E-state index in [4.69, 9.17) is 11.6 Å². The Hall–Kier alpha value is -1.72. The number of halogens is 1. The van der Waals surface area contributed by atoms with Gasteiger partial charge in [0.1, 0.15) is 5.15 Å². The predicted octanol–water partition coefficient (Wildman–Crippen LogP) is 2.63. The lowest BCUT2D eigenvalue weighted by Crippen LogP contribution is -2.46. The lowest BCUT2D eigenvalue weighted by atomic mass is 10.0. The van der Waals surface area contributed by atoms with Crippen molar-refractivity contribution in [3.63, 3.8) is 0 Å². The third kappa shape index (κ3) is 3.54. The number of rotatable bonds is 4. The van der Waals surface area contributed by atoms with Crippen LogP contribution in [-0.4, -0.2) is 46.0 Å². The summed E-state index contributed by atoms with van der Waals surface area (Å²) in [6.07, 6.45) is 7.63. The van der Waals surface area contributed by atoms with Gasteiger partial charge in [0.15, 0.2) is 0 Å². The van der Waals surface area contributed by atoms with Crippen molar-refractivity contribution in [3.05, 3.63) is 47.5 Å². The van der Waals surface area contributed by atoms with E-state index in [-0.39, 0.29) is 0 Å². The van der Waals surface area contributed by atoms with Crippen molar-refractivity contribution in [2.45, 2.75) is 25.4 Å². The first kappa shape index (κ1) is 15.2. The maximum atomic E-state index is 6.17. The predicted molar refractivity (Wildman–Crippen MR) is 88.0 cm³/mol. The van der Waals surface area contributed by atoms with E-state index in [2.05, 4.69) is 31.8 Å². The summed E-state index contributed by atoms with van der Waals surface area (Å²) in [4.78, 5) is 17.4. The Morgan fingerprint density at radius 3 is 2.77 bits per heavy atom. The molecule has 0 saturated carbocycles. The Labute approximate surface area is 136 Å². The first-order valence-electron chi connectivity index (χ1n) is 7.55. The molecule has 1 fully saturated rings. The van der Waals surface area contributed by atoms with Crippen molar-refractivity contribution in [2.75, 3.05) is 25.0 Å². The molecule has 1 aliphatic rings. The van der Waals surface area contributed by atoms with E-state index in [1.807, 2.05) is 18.2 Å². The monoisotopic (exact) mass is 317 g/mol. The fraction of sp³-hybridized carbons (Fsp3) is 0.438. The molecule has 0 amide bonds. The molecule has 1 unspecified atom stereocenters. The molecule has 0 aromatic carbocycles. The second kappa shape index (κ2) is 7.03. The van der Waals surface area contributed by atoms with E-state index in [9.17, 15) is 0 Å². The summed E-state index contributed by atoms with van der Waals surface area (Å²) in [5.74, 6) is 0.786. The zero-order valence-corrected chi connectivity index (χ0v) is 13.4. The van der Waals surface area contributed by atoms with Crippen LogP contribution in [0.25, 0.3) is 0 Å². The number of aromatic nitrogens is 3. The number of nitrogens with zero attached hydrogens (tertiary/aromatic N) is 5. The van der Waals surface area contributed by atoms with Crippen LogP contribution < -0.4 is 4.90 Å². The molecule has 1 atom stereocenters. The fourth-order valence-corrected chi connectivity index (χ4v) is 3.08. The van der Waals surface area contributed by atoms with Crippen LogP contribution in [-0.2, 0) is 6.54 Å². The molecule has 0 aliphatic carbocycles. The normalized spacial score (nSPS) is 19.1. The largest absolute Gasteiger partial charge is 0.340 e. The number of hydrogen-bond donors (Lipinski definition) is 0. The second-order valence-electron chi connectivity index (χ2n) is 5.64. The zero-order chi connectivity index (χ0) is 15.4. The number of pyridine rings is 1. The van der Waals surface area contributed by atoms with Crippen molar-refractivity contribution in [3.8, 4) is 0 Å². The highest BCUT2D eigenvalue weighted by Crippen LogP contribution is 2.21. The summed E-state index contributed by atoms with van der Waals surface area (Å²) in [5.41, 5.74) is 1.09. The third-order valence-electron chi connectivity index (χ3n) is 4.13. The van der Waals surface area contributed by atoms with Gasteiger partial charge >= 0.3 is 0 Å². The van der Waals surface area contributed by atoms with Crippen molar-refractivity contribution < 1.29 is 0 Å². The van der Waals surface area contributed by atoms with Crippen LogP contribution in [0.3, 0.4) is 0 Å². The lowest BCUT2D eigenvalue weighted by molar-refractivity contribution is 0.198. The van der Waals surface area contributed by atoms with E-state index < -0.39 is 0 Å². The van der Waals surface area contributed by atoms with Gasteiger partial charge in [-0.1, -0.05) is 17.7 Å². The summed E-state index contributed by atoms with van der Waals surface area (Å²) in [7, 11) is 2.07. The molecule has 22 heavy (non-hydrogen) atoms. The Morgan fingerprint density at radius 2 is 2.00 bits per heavy atom. The standard InChI is InChI=1S/C16H20ClN5/c1-21(16-19-8-4-9-20-16)14-6-3-10-22(12-14)11-13-5-2-7-18-15(13)17/h2,4-5,7-9,14H,3,6,10-12H2,1H3. The molecule has 5 nitrogen and oxygen atoms in total. The Morgan fingerprint density at radius 1 is 1.23 bits per heavy atom. The van der Waals surface area contributed by atoms with Gasteiger partial charge in [-0.3, -0.25) is 4.90 Å². The summed E-state index contributed by atoms with van der Waals surface area (Å²) in [5, 5.41) is 0.601. The van der Waals surface area contributed by atoms with Crippen molar-refractivity contribution in [1.29, 1.82) is 0 Å². The third-order valence-corrected chi connectivity index (χ3v) is 4.47. The maximum absolute atomic E-state index is 6.17. The Kier molecular flexibility index (Phi) is 4.85. The molecule has 2 aromatic rings. The molecule has 2 aromatic heterocycles. The highest BCUT2D eigenvalue weighted by atomic mass is 35.5. The van der Waals surface area contributed by atoms with E-state index in [1.165, 1.54) is 6.42 Å². The molecule has 1 aliphatic heterocycles. The molecule has 3 rings (SSSR count). The van der Waals surface area contributed by atoms with E-state index in [0.717, 1.165) is 37.6 Å². The summed E-state index contributed by atoms with van der Waals surface area (Å²) in [6, 6.07) is 6.25. The number of piperidine rings is 1. The molecule has 3 heterocycles. The van der Waals surface area contributed by atoms with Gasteiger partial charge in [0, 0.05) is 50.3 Å². The number of likely N-dealkylation sites (N-methyl/N-ethyl adjacent to an activating group) is 1. The molecule has 1 saturated heterocycles. The minimum absolute atomic E-state index is 0.423. The minimum atomic E-state index is 0.423. The number of anilines is 1. The van der Waals surface area contributed by atoms with Crippen LogP contribution in [0.2, 0.25) is 5.15 Å². The van der Waals surface area contributed by atoms with Gasteiger partial charge in [-0.05, 0) is 31.5 Å². The maximum Gasteiger partial charge on any atom is 0.225 e. The van der Waals surface area contributed by atoms with Gasteiger partial charge in [-0.25, -0.2) is 15.0 Å². The molecule has 6 heteroatoms. The van der Waals surface area contributed by atoms with Gasteiger partial charge in [0.25, 0.3) is 0 Å². The molecular formula is C16H20ClN5. The Bertz CT molecular complexity index is 606. The summed E-state index contributed by atoms with van der Waals surface area (Å²) >= 11 is 6.17. The average molecular weight is 318 g/mol. The molecule has 116 valence electrons. The van der Waals surface area contributed by atoms with E-state index in [0.29, 0.717) is 11.2 Å². The van der Waals surface area contributed by atoms with Crippen molar-refractivity contribution in [2.24, 2.45) is 0 Å². The highest BCUT2D eigenvalue weighted by molar-refractivity contribution is 6.30. The van der Waals surface area contributed by atoms with Crippen LogP contribution in [0.5, 0.6) is 0 Å². The van der Waals surface area contributed by atoms with E-state index in [1.54, 1.807) is 18.6 Å². The van der Waals surface area contributed by atoms with Crippen molar-refractivity contribution >= 4 is 17.5 Å². The number of hydrogen-bond acceptors (Lipinski definition) is 5. The van der Waals surface area contributed by atoms with E-state index >= 15 is 0 Å². The summed E-state index contributed by atoms with van der Waals surface area (Å²) in [6.45, 7) is 2.91. The number of likely N-dealkylation sites (tertiary alicyclic amines) is 1. The van der Waals surface area contributed by atoms with Gasteiger partial charge in [-0.2, -0.15) is 0 Å². The van der Waals surface area contributed by atoms with Gasteiger partial charge in [-0.15, -0.1) is 0 Å². The molecule has 0 N–H and O–H groups in total. The second-order valence-corrected chi connectivity index (χ2v) is 6.00.